The van der Waals surface area contributed by atoms with E-state index in [4.69, 9.17) is 4.42 Å². The number of likely N-dealkylation sites (tertiary alicyclic amines) is 1. The second-order valence-corrected chi connectivity index (χ2v) is 5.98. The molecule has 4 heteroatoms. The molecule has 1 fully saturated rings. The van der Waals surface area contributed by atoms with E-state index < -0.39 is 0 Å². The lowest BCUT2D eigenvalue weighted by atomic mass is 10.2. The quantitative estimate of drug-likeness (QED) is 0.857. The first kappa shape index (κ1) is 14.6. The van der Waals surface area contributed by atoms with Crippen molar-refractivity contribution in [2.75, 3.05) is 26.2 Å². The molecule has 0 spiro atoms. The van der Waals surface area contributed by atoms with Crippen molar-refractivity contribution in [3.8, 4) is 0 Å². The average molecular weight is 288 g/mol. The van der Waals surface area contributed by atoms with Crippen molar-refractivity contribution in [3.63, 3.8) is 0 Å². The largest absolute Gasteiger partial charge is 0.459 e. The lowest BCUT2D eigenvalue weighted by Crippen LogP contribution is -2.37. The third kappa shape index (κ3) is 3.64. The zero-order valence-corrected chi connectivity index (χ0v) is 12.6. The fourth-order valence-electron chi connectivity index (χ4n) is 2.96. The zero-order valence-electron chi connectivity index (χ0n) is 12.6. The van der Waals surface area contributed by atoms with Crippen molar-refractivity contribution in [1.82, 2.24) is 10.2 Å². The first-order chi connectivity index (χ1) is 10.2. The molecule has 2 aromatic rings. The van der Waals surface area contributed by atoms with Gasteiger partial charge in [0.05, 0.1) is 12.1 Å². The maximum atomic E-state index is 10.1. The summed E-state index contributed by atoms with van der Waals surface area (Å²) in [5.74, 6) is 0.921. The third-order valence-electron chi connectivity index (χ3n) is 4.20. The molecule has 114 valence electrons. The van der Waals surface area contributed by atoms with Crippen LogP contribution in [0.2, 0.25) is 0 Å². The minimum Gasteiger partial charge on any atom is -0.459 e. The maximum absolute atomic E-state index is 10.1. The summed E-state index contributed by atoms with van der Waals surface area (Å²) in [5, 5.41) is 14.6. The van der Waals surface area contributed by atoms with Crippen molar-refractivity contribution >= 4 is 11.0 Å². The number of hydrogen-bond acceptors (Lipinski definition) is 4. The Labute approximate surface area is 125 Å². The summed E-state index contributed by atoms with van der Waals surface area (Å²) in [4.78, 5) is 2.33. The highest BCUT2D eigenvalue weighted by Gasteiger charge is 2.17. The Morgan fingerprint density at radius 1 is 1.29 bits per heavy atom. The third-order valence-corrected chi connectivity index (χ3v) is 4.20. The number of aliphatic hydroxyl groups is 1. The van der Waals surface area contributed by atoms with E-state index in [1.165, 1.54) is 12.8 Å². The lowest BCUT2D eigenvalue weighted by molar-refractivity contribution is 0.120. The smallest absolute Gasteiger partial charge is 0.134 e. The predicted octanol–water partition coefficient (Wildman–Crippen LogP) is 2.54. The molecule has 0 aliphatic carbocycles. The van der Waals surface area contributed by atoms with Crippen LogP contribution in [-0.4, -0.2) is 42.3 Å². The van der Waals surface area contributed by atoms with Crippen LogP contribution in [0.4, 0.5) is 0 Å². The molecule has 1 aromatic carbocycles. The molecule has 4 nitrogen and oxygen atoms in total. The number of nitrogens with zero attached hydrogens (tertiary/aromatic N) is 1. The summed E-state index contributed by atoms with van der Waals surface area (Å²) in [5.41, 5.74) is 0.916. The van der Waals surface area contributed by atoms with E-state index in [0.717, 1.165) is 36.4 Å². The molecule has 0 saturated carbocycles. The number of nitrogens with one attached hydrogen (secondary N) is 1. The molecule has 0 bridgehead atoms. The van der Waals surface area contributed by atoms with Crippen molar-refractivity contribution < 1.29 is 9.52 Å². The van der Waals surface area contributed by atoms with E-state index >= 15 is 0 Å². The van der Waals surface area contributed by atoms with Gasteiger partial charge in [-0.15, -0.1) is 0 Å². The van der Waals surface area contributed by atoms with Crippen molar-refractivity contribution in [2.45, 2.75) is 31.9 Å². The summed E-state index contributed by atoms with van der Waals surface area (Å²) < 4.78 is 5.84. The highest BCUT2D eigenvalue weighted by molar-refractivity contribution is 5.77. The number of para-hydroxylation sites is 1. The van der Waals surface area contributed by atoms with Gasteiger partial charge in [0.15, 0.2) is 0 Å². The maximum Gasteiger partial charge on any atom is 0.134 e. The van der Waals surface area contributed by atoms with Crippen LogP contribution in [0.15, 0.2) is 34.7 Å². The minimum atomic E-state index is -0.324. The fourth-order valence-corrected chi connectivity index (χ4v) is 2.96. The monoisotopic (exact) mass is 288 g/mol. The highest BCUT2D eigenvalue weighted by atomic mass is 16.3. The summed E-state index contributed by atoms with van der Waals surface area (Å²) in [6.07, 6.45) is 2.19. The molecule has 2 N–H and O–H groups in total. The van der Waals surface area contributed by atoms with Crippen LogP contribution < -0.4 is 5.32 Å². The van der Waals surface area contributed by atoms with Crippen LogP contribution in [-0.2, 0) is 0 Å². The molecule has 1 aliphatic heterocycles. The molecule has 21 heavy (non-hydrogen) atoms. The van der Waals surface area contributed by atoms with E-state index in [9.17, 15) is 5.11 Å². The van der Waals surface area contributed by atoms with Crippen molar-refractivity contribution in [3.05, 3.63) is 36.1 Å². The van der Waals surface area contributed by atoms with E-state index in [1.54, 1.807) is 0 Å². The van der Waals surface area contributed by atoms with Gasteiger partial charge in [0.1, 0.15) is 11.3 Å². The fraction of sp³-hybridized carbons (Fsp3) is 0.529. The molecular weight excluding hydrogens is 264 g/mol. The number of aliphatic hydroxyl groups excluding tert-OH is 1. The second kappa shape index (κ2) is 6.60. The van der Waals surface area contributed by atoms with E-state index in [1.807, 2.05) is 18.2 Å². The van der Waals surface area contributed by atoms with Gasteiger partial charge in [0, 0.05) is 18.5 Å². The van der Waals surface area contributed by atoms with Gasteiger partial charge >= 0.3 is 0 Å². The molecule has 0 radical (unpaired) electrons. The van der Waals surface area contributed by atoms with E-state index in [-0.39, 0.29) is 12.1 Å². The topological polar surface area (TPSA) is 48.6 Å². The summed E-state index contributed by atoms with van der Waals surface area (Å²) in [6, 6.07) is 10.2. The Morgan fingerprint density at radius 2 is 2.05 bits per heavy atom. The average Bonchev–Trinajstić information content (AvgIpc) is 3.13. The SMILES string of the molecule is CC(NCC(O)CN1CCCC1)c1cc2ccccc2o1. The van der Waals surface area contributed by atoms with Crippen LogP contribution in [0.3, 0.4) is 0 Å². The van der Waals surface area contributed by atoms with Gasteiger partial charge in [-0.3, -0.25) is 0 Å². The molecule has 1 aromatic heterocycles. The van der Waals surface area contributed by atoms with Gasteiger partial charge in [0.2, 0.25) is 0 Å². The van der Waals surface area contributed by atoms with Crippen LogP contribution in [0.5, 0.6) is 0 Å². The zero-order chi connectivity index (χ0) is 14.7. The minimum absolute atomic E-state index is 0.102. The highest BCUT2D eigenvalue weighted by Crippen LogP contribution is 2.23. The van der Waals surface area contributed by atoms with Gasteiger partial charge in [-0.25, -0.2) is 0 Å². The Kier molecular flexibility index (Phi) is 4.58. The van der Waals surface area contributed by atoms with Gasteiger partial charge in [-0.1, -0.05) is 18.2 Å². The molecular formula is C17H24N2O2. The number of rotatable bonds is 6. The van der Waals surface area contributed by atoms with Gasteiger partial charge < -0.3 is 19.7 Å². The Balaban J connectivity index is 1.52. The predicted molar refractivity (Wildman–Crippen MR) is 84.3 cm³/mol. The van der Waals surface area contributed by atoms with Crippen LogP contribution >= 0.6 is 0 Å². The Bertz CT molecular complexity index is 542. The number of β-amino-alcohol motifs (C(OH)–C–C–N with tert-alkyl or cyclic N) is 1. The van der Waals surface area contributed by atoms with Crippen LogP contribution in [0.25, 0.3) is 11.0 Å². The molecule has 3 rings (SSSR count). The Morgan fingerprint density at radius 3 is 2.81 bits per heavy atom. The Hall–Kier alpha value is -1.36. The van der Waals surface area contributed by atoms with Crippen LogP contribution in [0.1, 0.15) is 31.6 Å². The molecule has 0 amide bonds. The van der Waals surface area contributed by atoms with E-state index in [2.05, 4.69) is 29.3 Å². The van der Waals surface area contributed by atoms with Crippen LogP contribution in [0, 0.1) is 0 Å². The lowest BCUT2D eigenvalue weighted by Gasteiger charge is -2.21. The number of hydrogen-bond donors (Lipinski definition) is 2. The summed E-state index contributed by atoms with van der Waals surface area (Å²) in [7, 11) is 0. The van der Waals surface area contributed by atoms with Crippen molar-refractivity contribution in [2.24, 2.45) is 0 Å². The summed E-state index contributed by atoms with van der Waals surface area (Å²) in [6.45, 7) is 5.67. The molecule has 2 atom stereocenters. The summed E-state index contributed by atoms with van der Waals surface area (Å²) >= 11 is 0. The standard InChI is InChI=1S/C17H24N2O2/c1-13(17-10-14-6-2-3-7-16(14)21-17)18-11-15(20)12-19-8-4-5-9-19/h2-3,6-7,10,13,15,18,20H,4-5,8-9,11-12H2,1H3. The van der Waals surface area contributed by atoms with Gasteiger partial charge in [-0.2, -0.15) is 0 Å². The first-order valence-electron chi connectivity index (χ1n) is 7.84. The van der Waals surface area contributed by atoms with E-state index in [0.29, 0.717) is 6.54 Å². The van der Waals surface area contributed by atoms with Gasteiger partial charge in [-0.05, 0) is 45.0 Å². The molecule has 2 unspecified atom stereocenters. The number of furan rings is 1. The second-order valence-electron chi connectivity index (χ2n) is 5.98. The first-order valence-corrected chi connectivity index (χ1v) is 7.84. The van der Waals surface area contributed by atoms with Crippen molar-refractivity contribution in [1.29, 1.82) is 0 Å². The van der Waals surface area contributed by atoms with Gasteiger partial charge in [0.25, 0.3) is 0 Å². The number of benzene rings is 1. The molecule has 1 aliphatic rings. The number of fused-ring (bicyclic) bond motifs is 1. The molecule has 1 saturated heterocycles. The molecule has 2 heterocycles. The normalized spacial score (nSPS) is 19.1.